The van der Waals surface area contributed by atoms with Crippen LogP contribution in [0.15, 0.2) is 53.7 Å². The summed E-state index contributed by atoms with van der Waals surface area (Å²) in [6, 6.07) is 12.5. The van der Waals surface area contributed by atoms with E-state index in [4.69, 9.17) is 4.74 Å². The third kappa shape index (κ3) is 5.38. The highest BCUT2D eigenvalue weighted by Gasteiger charge is 2.31. The fourth-order valence-corrected chi connectivity index (χ4v) is 4.26. The van der Waals surface area contributed by atoms with Crippen molar-refractivity contribution in [3.63, 3.8) is 0 Å². The Morgan fingerprint density at radius 3 is 2.45 bits per heavy atom. The minimum atomic E-state index is -4.38. The van der Waals surface area contributed by atoms with Crippen LogP contribution in [0, 0.1) is 0 Å². The second-order valence-electron chi connectivity index (χ2n) is 7.28. The normalized spacial score (nSPS) is 14.4. The van der Waals surface area contributed by atoms with Crippen LogP contribution in [0.5, 0.6) is 5.75 Å². The number of rotatable bonds is 6. The summed E-state index contributed by atoms with van der Waals surface area (Å²) >= 11 is 1.23. The van der Waals surface area contributed by atoms with E-state index in [1.165, 1.54) is 17.8 Å². The molecule has 12 heteroatoms. The standard InChI is InChI=1S/C21H21F3N6O2S/c1-32-18-7-5-16(6-8-18)30-20(25-26-27-30)33-14-19(31)29-11-9-28(10-12-29)17-4-2-3-15(13-17)21(22,23)24/h2-8,13H,9-12,14H2,1H3. The number of methoxy groups -OCH3 is 1. The van der Waals surface area contributed by atoms with Gasteiger partial charge in [-0.1, -0.05) is 17.8 Å². The molecular formula is C21H21F3N6O2S. The predicted octanol–water partition coefficient (Wildman–Crippen LogP) is 3.13. The maximum Gasteiger partial charge on any atom is 0.416 e. The molecule has 1 aromatic heterocycles. The number of thioether (sulfide) groups is 1. The molecule has 3 aromatic rings. The summed E-state index contributed by atoms with van der Waals surface area (Å²) < 4.78 is 45.6. The van der Waals surface area contributed by atoms with E-state index < -0.39 is 11.7 Å². The number of ether oxygens (including phenoxy) is 1. The molecular weight excluding hydrogens is 457 g/mol. The fourth-order valence-electron chi connectivity index (χ4n) is 3.46. The van der Waals surface area contributed by atoms with Crippen LogP contribution in [0.2, 0.25) is 0 Å². The summed E-state index contributed by atoms with van der Waals surface area (Å²) in [5.74, 6) is 0.786. The molecule has 1 aliphatic heterocycles. The molecule has 1 aliphatic rings. The number of anilines is 1. The zero-order valence-corrected chi connectivity index (χ0v) is 18.5. The van der Waals surface area contributed by atoms with Crippen molar-refractivity contribution >= 4 is 23.4 Å². The summed E-state index contributed by atoms with van der Waals surface area (Å²) in [5.41, 5.74) is 0.569. The molecule has 1 amide bonds. The summed E-state index contributed by atoms with van der Waals surface area (Å²) in [6.45, 7) is 1.78. The summed E-state index contributed by atoms with van der Waals surface area (Å²) in [5, 5.41) is 12.2. The van der Waals surface area contributed by atoms with Crippen LogP contribution in [-0.2, 0) is 11.0 Å². The number of aromatic nitrogens is 4. The molecule has 2 heterocycles. The quantitative estimate of drug-likeness (QED) is 0.504. The van der Waals surface area contributed by atoms with E-state index in [0.717, 1.165) is 17.8 Å². The predicted molar refractivity (Wildman–Crippen MR) is 117 cm³/mol. The molecule has 174 valence electrons. The van der Waals surface area contributed by atoms with Crippen molar-refractivity contribution in [3.05, 3.63) is 54.1 Å². The highest BCUT2D eigenvalue weighted by molar-refractivity contribution is 7.99. The molecule has 0 unspecified atom stereocenters. The lowest BCUT2D eigenvalue weighted by atomic mass is 10.1. The Morgan fingerprint density at radius 1 is 1.06 bits per heavy atom. The summed E-state index contributed by atoms with van der Waals surface area (Å²) in [6.07, 6.45) is -4.38. The number of halogens is 3. The first-order valence-electron chi connectivity index (χ1n) is 10.1. The fraction of sp³-hybridized carbons (Fsp3) is 0.333. The van der Waals surface area contributed by atoms with Gasteiger partial charge in [-0.3, -0.25) is 4.79 Å². The van der Waals surface area contributed by atoms with E-state index in [1.807, 2.05) is 17.0 Å². The molecule has 1 saturated heterocycles. The molecule has 1 fully saturated rings. The van der Waals surface area contributed by atoms with Gasteiger partial charge in [0.15, 0.2) is 0 Å². The van der Waals surface area contributed by atoms with Crippen LogP contribution in [0.1, 0.15) is 5.56 Å². The third-order valence-electron chi connectivity index (χ3n) is 5.25. The van der Waals surface area contributed by atoms with E-state index in [9.17, 15) is 18.0 Å². The number of tetrazole rings is 1. The topological polar surface area (TPSA) is 76.4 Å². The van der Waals surface area contributed by atoms with Gasteiger partial charge in [0, 0.05) is 31.9 Å². The van der Waals surface area contributed by atoms with Gasteiger partial charge in [-0.25, -0.2) is 0 Å². The Kier molecular flexibility index (Phi) is 6.72. The number of hydrogen-bond acceptors (Lipinski definition) is 7. The van der Waals surface area contributed by atoms with Crippen LogP contribution in [-0.4, -0.2) is 70.1 Å². The Morgan fingerprint density at radius 2 is 1.79 bits per heavy atom. The molecule has 4 rings (SSSR count). The number of nitrogens with zero attached hydrogens (tertiary/aromatic N) is 6. The van der Waals surface area contributed by atoms with Crippen LogP contribution < -0.4 is 9.64 Å². The number of hydrogen-bond donors (Lipinski definition) is 0. The monoisotopic (exact) mass is 478 g/mol. The van der Waals surface area contributed by atoms with Gasteiger partial charge in [-0.05, 0) is 52.9 Å². The summed E-state index contributed by atoms with van der Waals surface area (Å²) in [7, 11) is 1.58. The molecule has 8 nitrogen and oxygen atoms in total. The van der Waals surface area contributed by atoms with Gasteiger partial charge < -0.3 is 14.5 Å². The van der Waals surface area contributed by atoms with E-state index in [-0.39, 0.29) is 11.7 Å². The average molecular weight is 479 g/mol. The lowest BCUT2D eigenvalue weighted by Gasteiger charge is -2.36. The Bertz CT molecular complexity index is 1100. The largest absolute Gasteiger partial charge is 0.497 e. The van der Waals surface area contributed by atoms with E-state index >= 15 is 0 Å². The van der Waals surface area contributed by atoms with Gasteiger partial charge in [0.1, 0.15) is 5.75 Å². The van der Waals surface area contributed by atoms with Crippen molar-refractivity contribution in [1.82, 2.24) is 25.1 Å². The highest BCUT2D eigenvalue weighted by Crippen LogP contribution is 2.32. The number of amides is 1. The van der Waals surface area contributed by atoms with Gasteiger partial charge in [0.05, 0.1) is 24.1 Å². The second-order valence-corrected chi connectivity index (χ2v) is 8.22. The minimum Gasteiger partial charge on any atom is -0.497 e. The highest BCUT2D eigenvalue weighted by atomic mass is 32.2. The maximum absolute atomic E-state index is 13.0. The maximum atomic E-state index is 13.0. The molecule has 0 spiro atoms. The zero-order chi connectivity index (χ0) is 23.4. The first-order valence-corrected chi connectivity index (χ1v) is 11.1. The molecule has 0 N–H and O–H groups in total. The molecule has 33 heavy (non-hydrogen) atoms. The summed E-state index contributed by atoms with van der Waals surface area (Å²) in [4.78, 5) is 16.3. The van der Waals surface area contributed by atoms with Crippen molar-refractivity contribution in [1.29, 1.82) is 0 Å². The van der Waals surface area contributed by atoms with Crippen LogP contribution in [0.4, 0.5) is 18.9 Å². The average Bonchev–Trinajstić information content (AvgIpc) is 3.31. The first kappa shape index (κ1) is 22.9. The number of piperazine rings is 1. The van der Waals surface area contributed by atoms with Gasteiger partial charge in [0.2, 0.25) is 11.1 Å². The van der Waals surface area contributed by atoms with E-state index in [0.29, 0.717) is 42.8 Å². The Hall–Kier alpha value is -3.28. The minimum absolute atomic E-state index is 0.0760. The molecule has 0 aliphatic carbocycles. The van der Waals surface area contributed by atoms with E-state index in [2.05, 4.69) is 15.5 Å². The number of alkyl halides is 3. The number of benzene rings is 2. The van der Waals surface area contributed by atoms with Crippen LogP contribution >= 0.6 is 11.8 Å². The molecule has 0 saturated carbocycles. The van der Waals surface area contributed by atoms with Gasteiger partial charge >= 0.3 is 6.18 Å². The van der Waals surface area contributed by atoms with Crippen LogP contribution in [0.3, 0.4) is 0 Å². The molecule has 0 radical (unpaired) electrons. The Labute approximate surface area is 192 Å². The van der Waals surface area contributed by atoms with Crippen LogP contribution in [0.25, 0.3) is 5.69 Å². The van der Waals surface area contributed by atoms with E-state index in [1.54, 1.807) is 34.9 Å². The van der Waals surface area contributed by atoms with Crippen molar-refractivity contribution < 1.29 is 22.7 Å². The van der Waals surface area contributed by atoms with Crippen molar-refractivity contribution in [2.45, 2.75) is 11.3 Å². The second kappa shape index (κ2) is 9.69. The van der Waals surface area contributed by atoms with Crippen molar-refractivity contribution in [2.24, 2.45) is 0 Å². The lowest BCUT2D eigenvalue weighted by molar-refractivity contribution is -0.137. The molecule has 0 bridgehead atoms. The lowest BCUT2D eigenvalue weighted by Crippen LogP contribution is -2.49. The Balaban J connectivity index is 1.32. The SMILES string of the molecule is COc1ccc(-n2nnnc2SCC(=O)N2CCN(c3cccc(C(F)(F)F)c3)CC2)cc1. The smallest absolute Gasteiger partial charge is 0.416 e. The zero-order valence-electron chi connectivity index (χ0n) is 17.7. The number of carbonyl (C=O) groups excluding carboxylic acids is 1. The molecule has 2 aromatic carbocycles. The van der Waals surface area contributed by atoms with Crippen molar-refractivity contribution in [2.75, 3.05) is 43.9 Å². The first-order chi connectivity index (χ1) is 15.8. The molecule has 0 atom stereocenters. The van der Waals surface area contributed by atoms with Gasteiger partial charge in [0.25, 0.3) is 0 Å². The van der Waals surface area contributed by atoms with Gasteiger partial charge in [-0.2, -0.15) is 17.9 Å². The van der Waals surface area contributed by atoms with Gasteiger partial charge in [-0.15, -0.1) is 5.10 Å². The van der Waals surface area contributed by atoms with Crippen molar-refractivity contribution in [3.8, 4) is 11.4 Å². The third-order valence-corrected chi connectivity index (χ3v) is 6.16. The number of carbonyl (C=O) groups is 1.